The molecule has 1 amide bonds. The van der Waals surface area contributed by atoms with Gasteiger partial charge in [-0.2, -0.15) is 0 Å². The van der Waals surface area contributed by atoms with Crippen LogP contribution in [0, 0.1) is 6.92 Å². The van der Waals surface area contributed by atoms with Crippen LogP contribution < -0.4 is 10.9 Å². The highest BCUT2D eigenvalue weighted by Gasteiger charge is 2.15. The Hall–Kier alpha value is -2.99. The van der Waals surface area contributed by atoms with Crippen LogP contribution in [0.2, 0.25) is 0 Å². The molecule has 1 heterocycles. The molecule has 6 nitrogen and oxygen atoms in total. The first-order valence-electron chi connectivity index (χ1n) is 9.40. The summed E-state index contributed by atoms with van der Waals surface area (Å²) >= 11 is 0. The maximum Gasteiger partial charge on any atom is 0.261 e. The van der Waals surface area contributed by atoms with Gasteiger partial charge in [-0.05, 0) is 38.2 Å². The SMILES string of the molecule is Cc1cccc2c(=O)n(CCC(=O)NCC(c3ccccc3)N(C)C)cnc12. The van der Waals surface area contributed by atoms with Gasteiger partial charge in [-0.3, -0.25) is 14.2 Å². The smallest absolute Gasteiger partial charge is 0.261 e. The van der Waals surface area contributed by atoms with Crippen LogP contribution in [0.3, 0.4) is 0 Å². The standard InChI is InChI=1S/C22H26N4O2/c1-16-8-7-11-18-21(16)24-15-26(22(18)28)13-12-20(27)23-14-19(25(2)3)17-9-5-4-6-10-17/h4-11,15,19H,12-14H2,1-3H3,(H,23,27). The van der Waals surface area contributed by atoms with Gasteiger partial charge in [-0.15, -0.1) is 0 Å². The third-order valence-electron chi connectivity index (χ3n) is 4.94. The minimum Gasteiger partial charge on any atom is -0.354 e. The van der Waals surface area contributed by atoms with E-state index in [4.69, 9.17) is 0 Å². The Balaban J connectivity index is 1.62. The predicted octanol–water partition coefficient (Wildman–Crippen LogP) is 2.51. The van der Waals surface area contributed by atoms with Crippen molar-refractivity contribution in [3.63, 3.8) is 0 Å². The Bertz CT molecular complexity index is 1010. The summed E-state index contributed by atoms with van der Waals surface area (Å²) in [7, 11) is 3.98. The maximum atomic E-state index is 12.6. The van der Waals surface area contributed by atoms with Crippen LogP contribution in [0.1, 0.15) is 23.6 Å². The van der Waals surface area contributed by atoms with Crippen LogP contribution in [-0.2, 0) is 11.3 Å². The van der Waals surface area contributed by atoms with Crippen molar-refractivity contribution in [2.24, 2.45) is 0 Å². The van der Waals surface area contributed by atoms with E-state index in [1.54, 1.807) is 6.07 Å². The molecule has 0 aliphatic carbocycles. The second-order valence-electron chi connectivity index (χ2n) is 7.16. The number of nitrogens with one attached hydrogen (secondary N) is 1. The van der Waals surface area contributed by atoms with E-state index in [1.165, 1.54) is 10.9 Å². The van der Waals surface area contributed by atoms with Gasteiger partial charge >= 0.3 is 0 Å². The lowest BCUT2D eigenvalue weighted by molar-refractivity contribution is -0.121. The van der Waals surface area contributed by atoms with Gasteiger partial charge in [0.2, 0.25) is 5.91 Å². The summed E-state index contributed by atoms with van der Waals surface area (Å²) < 4.78 is 1.50. The van der Waals surface area contributed by atoms with E-state index in [0.29, 0.717) is 24.0 Å². The molecule has 0 bridgehead atoms. The van der Waals surface area contributed by atoms with Gasteiger partial charge in [0.1, 0.15) is 0 Å². The first-order chi connectivity index (χ1) is 13.5. The molecule has 0 radical (unpaired) electrons. The van der Waals surface area contributed by atoms with Gasteiger partial charge in [0.25, 0.3) is 5.56 Å². The first kappa shape index (κ1) is 19.8. The van der Waals surface area contributed by atoms with E-state index >= 15 is 0 Å². The molecule has 3 rings (SSSR count). The fourth-order valence-corrected chi connectivity index (χ4v) is 3.29. The fraction of sp³-hybridized carbons (Fsp3) is 0.318. The Morgan fingerprint density at radius 1 is 1.14 bits per heavy atom. The zero-order valence-electron chi connectivity index (χ0n) is 16.6. The summed E-state index contributed by atoms with van der Waals surface area (Å²) in [5, 5.41) is 3.57. The molecule has 3 aromatic rings. The molecule has 28 heavy (non-hydrogen) atoms. The molecule has 146 valence electrons. The van der Waals surface area contributed by atoms with E-state index in [9.17, 15) is 9.59 Å². The quantitative estimate of drug-likeness (QED) is 0.686. The predicted molar refractivity (Wildman–Crippen MR) is 111 cm³/mol. The number of rotatable bonds is 7. The lowest BCUT2D eigenvalue weighted by Crippen LogP contribution is -2.35. The van der Waals surface area contributed by atoms with Gasteiger partial charge in [0.05, 0.1) is 23.3 Å². The van der Waals surface area contributed by atoms with Crippen LogP contribution in [0.25, 0.3) is 10.9 Å². The van der Waals surface area contributed by atoms with Crippen LogP contribution in [0.4, 0.5) is 0 Å². The Kier molecular flexibility index (Phi) is 6.21. The molecule has 1 N–H and O–H groups in total. The van der Waals surface area contributed by atoms with Gasteiger partial charge in [-0.1, -0.05) is 42.5 Å². The summed E-state index contributed by atoms with van der Waals surface area (Å²) in [6.07, 6.45) is 1.76. The number of nitrogens with zero attached hydrogens (tertiary/aromatic N) is 3. The molecule has 0 spiro atoms. The van der Waals surface area contributed by atoms with E-state index in [2.05, 4.69) is 27.3 Å². The topological polar surface area (TPSA) is 67.2 Å². The molecule has 0 saturated carbocycles. The van der Waals surface area contributed by atoms with Crippen LogP contribution >= 0.6 is 0 Å². The van der Waals surface area contributed by atoms with E-state index < -0.39 is 0 Å². The zero-order chi connectivity index (χ0) is 20.1. The Morgan fingerprint density at radius 2 is 1.89 bits per heavy atom. The molecule has 1 unspecified atom stereocenters. The molecule has 0 fully saturated rings. The number of aromatic nitrogens is 2. The summed E-state index contributed by atoms with van der Waals surface area (Å²) in [5.41, 5.74) is 2.72. The van der Waals surface area contributed by atoms with Gasteiger partial charge in [0, 0.05) is 19.5 Å². The number of carbonyl (C=O) groups excluding carboxylic acids is 1. The normalized spacial score (nSPS) is 12.3. The van der Waals surface area contributed by atoms with Crippen molar-refractivity contribution in [1.29, 1.82) is 0 Å². The van der Waals surface area contributed by atoms with Crippen LogP contribution in [-0.4, -0.2) is 41.0 Å². The molecule has 6 heteroatoms. The molecule has 2 aromatic carbocycles. The third kappa shape index (κ3) is 4.46. The zero-order valence-corrected chi connectivity index (χ0v) is 16.6. The van der Waals surface area contributed by atoms with Crippen LogP contribution in [0.5, 0.6) is 0 Å². The third-order valence-corrected chi connectivity index (χ3v) is 4.94. The highest BCUT2D eigenvalue weighted by molar-refractivity contribution is 5.80. The largest absolute Gasteiger partial charge is 0.354 e. The van der Waals surface area contributed by atoms with Crippen LogP contribution in [0.15, 0.2) is 59.7 Å². The summed E-state index contributed by atoms with van der Waals surface area (Å²) in [6, 6.07) is 15.7. The molecular weight excluding hydrogens is 352 g/mol. The van der Waals surface area contributed by atoms with Gasteiger partial charge < -0.3 is 10.2 Å². The molecule has 1 atom stereocenters. The van der Waals surface area contributed by atoms with Crippen molar-refractivity contribution in [3.8, 4) is 0 Å². The van der Waals surface area contributed by atoms with E-state index in [0.717, 1.165) is 11.1 Å². The highest BCUT2D eigenvalue weighted by atomic mass is 16.1. The molecule has 0 aliphatic heterocycles. The Morgan fingerprint density at radius 3 is 2.61 bits per heavy atom. The summed E-state index contributed by atoms with van der Waals surface area (Å²) in [6.45, 7) is 2.75. The number of benzene rings is 2. The average Bonchev–Trinajstić information content (AvgIpc) is 2.69. The van der Waals surface area contributed by atoms with Crippen molar-refractivity contribution in [2.75, 3.05) is 20.6 Å². The molecule has 0 aliphatic rings. The van der Waals surface area contributed by atoms with Gasteiger partial charge in [0.15, 0.2) is 0 Å². The van der Waals surface area contributed by atoms with E-state index in [1.807, 2.05) is 51.4 Å². The number of carbonyl (C=O) groups is 1. The number of aryl methyl sites for hydroxylation is 2. The first-order valence-corrected chi connectivity index (χ1v) is 9.40. The summed E-state index contributed by atoms with van der Waals surface area (Å²) in [4.78, 5) is 31.4. The number of amides is 1. The summed E-state index contributed by atoms with van der Waals surface area (Å²) in [5.74, 6) is -0.0842. The lowest BCUT2D eigenvalue weighted by atomic mass is 10.1. The molecule has 1 aromatic heterocycles. The minimum absolute atomic E-state index is 0.0842. The van der Waals surface area contributed by atoms with Crippen molar-refractivity contribution in [3.05, 3.63) is 76.3 Å². The number of fused-ring (bicyclic) bond motifs is 1. The van der Waals surface area contributed by atoms with Crippen molar-refractivity contribution >= 4 is 16.8 Å². The molecule has 0 saturated heterocycles. The van der Waals surface area contributed by atoms with Gasteiger partial charge in [-0.25, -0.2) is 4.98 Å². The number of para-hydroxylation sites is 1. The fourth-order valence-electron chi connectivity index (χ4n) is 3.29. The van der Waals surface area contributed by atoms with Crippen molar-refractivity contribution in [2.45, 2.75) is 25.9 Å². The lowest BCUT2D eigenvalue weighted by Gasteiger charge is -2.25. The Labute approximate surface area is 164 Å². The number of hydrogen-bond acceptors (Lipinski definition) is 4. The molecular formula is C22H26N4O2. The maximum absolute atomic E-state index is 12.6. The van der Waals surface area contributed by atoms with E-state index in [-0.39, 0.29) is 23.9 Å². The van der Waals surface area contributed by atoms with Crippen molar-refractivity contribution < 1.29 is 4.79 Å². The number of likely N-dealkylation sites (N-methyl/N-ethyl adjacent to an activating group) is 1. The second kappa shape index (κ2) is 8.80. The minimum atomic E-state index is -0.114. The highest BCUT2D eigenvalue weighted by Crippen LogP contribution is 2.16. The number of hydrogen-bond donors (Lipinski definition) is 1. The average molecular weight is 378 g/mol. The monoisotopic (exact) mass is 378 g/mol. The van der Waals surface area contributed by atoms with Crippen molar-refractivity contribution in [1.82, 2.24) is 19.8 Å². The second-order valence-corrected chi connectivity index (χ2v) is 7.16.